The number of carbonyl (C=O) groups excluding carboxylic acids is 2. The summed E-state index contributed by atoms with van der Waals surface area (Å²) in [7, 11) is 1.51. The fraction of sp³-hybridized carbons (Fsp3) is 0.444. The van der Waals surface area contributed by atoms with Crippen molar-refractivity contribution >= 4 is 34.0 Å². The van der Waals surface area contributed by atoms with Crippen LogP contribution in [0.5, 0.6) is 5.75 Å². The number of aromatic nitrogens is 2. The van der Waals surface area contributed by atoms with E-state index in [9.17, 15) is 22.8 Å². The summed E-state index contributed by atoms with van der Waals surface area (Å²) in [6.45, 7) is 3.49. The molecule has 1 amide bonds. The maximum absolute atomic E-state index is 14.1. The Morgan fingerprint density at radius 1 is 1.18 bits per heavy atom. The van der Waals surface area contributed by atoms with E-state index in [1.54, 1.807) is 38.1 Å². The standard InChI is InChI=1S/C27H29F3N4O4S/c1-14(2)38-26(36)22-17-6-4-5-7-20(17)39-25(22)33-24(35)18-13-31-34-21(27(28,29)30)12-19(32-23(18)34)15-8-10-16(37-3)11-9-15/h8-11,13-14,19,21,32H,4-7,12H2,1-3H3,(H,33,35)/t19-,21+/m0/s1. The third-order valence-electron chi connectivity index (χ3n) is 6.95. The monoisotopic (exact) mass is 562 g/mol. The second kappa shape index (κ2) is 10.6. The van der Waals surface area contributed by atoms with Crippen molar-refractivity contribution in [1.29, 1.82) is 0 Å². The number of ether oxygens (including phenoxy) is 2. The van der Waals surface area contributed by atoms with Crippen molar-refractivity contribution in [2.45, 2.75) is 70.3 Å². The lowest BCUT2D eigenvalue weighted by Gasteiger charge is -2.34. The molecular weight excluding hydrogens is 533 g/mol. The maximum atomic E-state index is 14.1. The number of hydrogen-bond acceptors (Lipinski definition) is 7. The van der Waals surface area contributed by atoms with Crippen LogP contribution in [0.15, 0.2) is 30.5 Å². The highest BCUT2D eigenvalue weighted by Crippen LogP contribution is 2.45. The number of hydrogen-bond donors (Lipinski definition) is 2. The highest BCUT2D eigenvalue weighted by atomic mass is 32.1. The molecule has 0 bridgehead atoms. The smallest absolute Gasteiger partial charge is 0.410 e. The second-order valence-corrected chi connectivity index (χ2v) is 11.0. The fourth-order valence-corrected chi connectivity index (χ4v) is 6.37. The Bertz CT molecular complexity index is 1380. The molecule has 2 aromatic heterocycles. The van der Waals surface area contributed by atoms with Crippen molar-refractivity contribution in [3.05, 3.63) is 57.6 Å². The van der Waals surface area contributed by atoms with E-state index in [4.69, 9.17) is 9.47 Å². The van der Waals surface area contributed by atoms with Gasteiger partial charge in [0.15, 0.2) is 6.04 Å². The van der Waals surface area contributed by atoms with Gasteiger partial charge < -0.3 is 20.1 Å². The van der Waals surface area contributed by atoms with Gasteiger partial charge >= 0.3 is 12.1 Å². The fourth-order valence-electron chi connectivity index (χ4n) is 5.10. The number of esters is 1. The zero-order valence-electron chi connectivity index (χ0n) is 21.7. The Balaban J connectivity index is 1.48. The molecule has 0 fully saturated rings. The van der Waals surface area contributed by atoms with Gasteiger partial charge in [0.25, 0.3) is 5.91 Å². The molecule has 0 unspecified atom stereocenters. The molecule has 2 aliphatic rings. The summed E-state index contributed by atoms with van der Waals surface area (Å²) < 4.78 is 53.7. The summed E-state index contributed by atoms with van der Waals surface area (Å²) in [5.41, 5.74) is 1.78. The third-order valence-corrected chi connectivity index (χ3v) is 8.15. The molecule has 12 heteroatoms. The summed E-state index contributed by atoms with van der Waals surface area (Å²) in [5.74, 6) is -0.629. The number of amides is 1. The van der Waals surface area contributed by atoms with Crippen LogP contribution in [0.4, 0.5) is 24.0 Å². The van der Waals surface area contributed by atoms with Gasteiger partial charge in [-0.15, -0.1) is 11.3 Å². The van der Waals surface area contributed by atoms with Crippen LogP contribution in [0.1, 0.15) is 81.9 Å². The van der Waals surface area contributed by atoms with E-state index >= 15 is 0 Å². The SMILES string of the molecule is COc1ccc([C@@H]2C[C@H](C(F)(F)F)n3ncc(C(=O)Nc4sc5c(c4C(=O)OC(C)C)CCCC5)c3N2)cc1. The number of benzene rings is 1. The van der Waals surface area contributed by atoms with Gasteiger partial charge in [0.2, 0.25) is 0 Å². The molecule has 1 aliphatic carbocycles. The molecular formula is C27H29F3N4O4S. The molecule has 0 spiro atoms. The summed E-state index contributed by atoms with van der Waals surface area (Å²) in [4.78, 5) is 27.5. The van der Waals surface area contributed by atoms with Gasteiger partial charge in [-0.3, -0.25) is 4.79 Å². The number of thiophene rings is 1. The van der Waals surface area contributed by atoms with Crippen molar-refractivity contribution in [3.8, 4) is 5.75 Å². The number of fused-ring (bicyclic) bond motifs is 2. The van der Waals surface area contributed by atoms with Crippen molar-refractivity contribution in [2.75, 3.05) is 17.7 Å². The first kappa shape index (κ1) is 27.0. The van der Waals surface area contributed by atoms with E-state index < -0.39 is 30.1 Å². The lowest BCUT2D eigenvalue weighted by Crippen LogP contribution is -2.36. The molecule has 1 aromatic carbocycles. The molecule has 2 atom stereocenters. The van der Waals surface area contributed by atoms with Crippen molar-refractivity contribution in [2.24, 2.45) is 0 Å². The van der Waals surface area contributed by atoms with Crippen LogP contribution in [-0.4, -0.2) is 41.0 Å². The topological polar surface area (TPSA) is 94.5 Å². The minimum absolute atomic E-state index is 0.0329. The number of aryl methyl sites for hydroxylation is 1. The highest BCUT2D eigenvalue weighted by Gasteiger charge is 2.47. The number of alkyl halides is 3. The van der Waals surface area contributed by atoms with E-state index in [1.165, 1.54) is 18.4 Å². The van der Waals surface area contributed by atoms with E-state index in [-0.39, 0.29) is 23.9 Å². The quantitative estimate of drug-likeness (QED) is 0.342. The largest absolute Gasteiger partial charge is 0.497 e. The normalized spacial score (nSPS) is 18.6. The molecule has 39 heavy (non-hydrogen) atoms. The Labute approximate surface area is 227 Å². The van der Waals surface area contributed by atoms with Gasteiger partial charge in [-0.05, 0) is 62.8 Å². The first-order valence-corrected chi connectivity index (χ1v) is 13.6. The Morgan fingerprint density at radius 2 is 1.90 bits per heavy atom. The number of anilines is 2. The zero-order valence-corrected chi connectivity index (χ0v) is 22.5. The zero-order chi connectivity index (χ0) is 27.9. The van der Waals surface area contributed by atoms with Crippen LogP contribution < -0.4 is 15.4 Å². The first-order valence-electron chi connectivity index (χ1n) is 12.8. The lowest BCUT2D eigenvalue weighted by atomic mass is 9.95. The van der Waals surface area contributed by atoms with Crippen LogP contribution in [-0.2, 0) is 17.6 Å². The minimum atomic E-state index is -4.58. The van der Waals surface area contributed by atoms with Crippen molar-refractivity contribution < 1.29 is 32.2 Å². The van der Waals surface area contributed by atoms with Gasteiger partial charge in [-0.1, -0.05) is 12.1 Å². The average molecular weight is 563 g/mol. The number of nitrogens with zero attached hydrogens (tertiary/aromatic N) is 2. The minimum Gasteiger partial charge on any atom is -0.497 e. The number of halogens is 3. The number of carbonyl (C=O) groups is 2. The maximum Gasteiger partial charge on any atom is 0.410 e. The van der Waals surface area contributed by atoms with Crippen LogP contribution >= 0.6 is 11.3 Å². The molecule has 8 nitrogen and oxygen atoms in total. The van der Waals surface area contributed by atoms with Gasteiger partial charge in [0.1, 0.15) is 22.1 Å². The number of rotatable bonds is 6. The van der Waals surface area contributed by atoms with Gasteiger partial charge in [0, 0.05) is 11.3 Å². The second-order valence-electron chi connectivity index (χ2n) is 9.94. The van der Waals surface area contributed by atoms with E-state index in [0.29, 0.717) is 28.3 Å². The van der Waals surface area contributed by atoms with E-state index in [2.05, 4.69) is 15.7 Å². The van der Waals surface area contributed by atoms with Crippen LogP contribution in [0.3, 0.4) is 0 Å². The molecule has 3 aromatic rings. The average Bonchev–Trinajstić information content (AvgIpc) is 3.48. The molecule has 0 radical (unpaired) electrons. The summed E-state index contributed by atoms with van der Waals surface area (Å²) in [5, 5.41) is 10.2. The number of methoxy groups -OCH3 is 1. The van der Waals surface area contributed by atoms with Crippen molar-refractivity contribution in [1.82, 2.24) is 9.78 Å². The van der Waals surface area contributed by atoms with Crippen LogP contribution in [0.25, 0.3) is 0 Å². The Morgan fingerprint density at radius 3 is 2.56 bits per heavy atom. The molecule has 1 aliphatic heterocycles. The molecule has 208 valence electrons. The molecule has 5 rings (SSSR count). The van der Waals surface area contributed by atoms with E-state index in [0.717, 1.165) is 40.6 Å². The molecule has 0 saturated carbocycles. The molecule has 3 heterocycles. The lowest BCUT2D eigenvalue weighted by molar-refractivity contribution is -0.173. The summed E-state index contributed by atoms with van der Waals surface area (Å²) in [6.07, 6.45) is -0.702. The van der Waals surface area contributed by atoms with Crippen molar-refractivity contribution in [3.63, 3.8) is 0 Å². The first-order chi connectivity index (χ1) is 18.6. The van der Waals surface area contributed by atoms with E-state index in [1.807, 2.05) is 0 Å². The molecule has 0 saturated heterocycles. The van der Waals surface area contributed by atoms with Gasteiger partial charge in [-0.2, -0.15) is 18.3 Å². The van der Waals surface area contributed by atoms with Crippen LogP contribution in [0, 0.1) is 0 Å². The van der Waals surface area contributed by atoms with Gasteiger partial charge in [0.05, 0.1) is 31.0 Å². The third kappa shape index (κ3) is 5.34. The summed E-state index contributed by atoms with van der Waals surface area (Å²) in [6, 6.07) is 4.10. The predicted octanol–water partition coefficient (Wildman–Crippen LogP) is 6.31. The highest BCUT2D eigenvalue weighted by molar-refractivity contribution is 7.17. The van der Waals surface area contributed by atoms with Crippen LogP contribution in [0.2, 0.25) is 0 Å². The van der Waals surface area contributed by atoms with Gasteiger partial charge in [-0.25, -0.2) is 9.48 Å². The Hall–Kier alpha value is -3.54. The molecule has 2 N–H and O–H groups in total. The Kier molecular flexibility index (Phi) is 7.32. The summed E-state index contributed by atoms with van der Waals surface area (Å²) >= 11 is 1.31. The predicted molar refractivity (Wildman–Crippen MR) is 141 cm³/mol. The number of nitrogens with one attached hydrogen (secondary N) is 2.